The van der Waals surface area contributed by atoms with Crippen molar-refractivity contribution in [2.24, 2.45) is 0 Å². The summed E-state index contributed by atoms with van der Waals surface area (Å²) in [7, 11) is 0. The number of aromatic nitrogens is 5. The van der Waals surface area contributed by atoms with Gasteiger partial charge in [-0.15, -0.1) is 5.10 Å². The van der Waals surface area contributed by atoms with E-state index in [2.05, 4.69) is 25.3 Å². The molecule has 0 unspecified atom stereocenters. The van der Waals surface area contributed by atoms with Crippen LogP contribution < -0.4 is 5.73 Å². The number of H-pyrrole nitrogens is 1. The number of hydrogen-bond acceptors (Lipinski definition) is 6. The molecule has 1 aromatic carbocycles. The van der Waals surface area contributed by atoms with Gasteiger partial charge in [0.25, 0.3) is 5.89 Å². The first-order chi connectivity index (χ1) is 9.20. The molecule has 0 amide bonds. The van der Waals surface area contributed by atoms with Gasteiger partial charge in [-0.3, -0.25) is 5.10 Å². The molecule has 0 aliphatic rings. The van der Waals surface area contributed by atoms with Crippen molar-refractivity contribution in [3.8, 4) is 11.7 Å². The van der Waals surface area contributed by atoms with Crippen LogP contribution in [0.5, 0.6) is 0 Å². The van der Waals surface area contributed by atoms with Gasteiger partial charge >= 0.3 is 0 Å². The van der Waals surface area contributed by atoms with Gasteiger partial charge in [-0.25, -0.2) is 0 Å². The number of rotatable bonds is 3. The molecule has 0 aliphatic heterocycles. The van der Waals surface area contributed by atoms with E-state index >= 15 is 0 Å². The van der Waals surface area contributed by atoms with E-state index in [4.69, 9.17) is 10.3 Å². The van der Waals surface area contributed by atoms with Gasteiger partial charge < -0.3 is 10.3 Å². The second-order valence-electron chi connectivity index (χ2n) is 4.22. The highest BCUT2D eigenvalue weighted by Crippen LogP contribution is 2.14. The van der Waals surface area contributed by atoms with Crippen molar-refractivity contribution < 1.29 is 4.52 Å². The third-order valence-corrected chi connectivity index (χ3v) is 2.66. The van der Waals surface area contributed by atoms with Gasteiger partial charge in [0.2, 0.25) is 11.8 Å². The molecule has 7 heteroatoms. The number of nitrogens with one attached hydrogen (secondary N) is 1. The summed E-state index contributed by atoms with van der Waals surface area (Å²) in [6.45, 7) is 2.05. The molecular formula is C12H12N6O. The number of nitrogens with zero attached hydrogens (tertiary/aromatic N) is 4. The quantitative estimate of drug-likeness (QED) is 0.732. The van der Waals surface area contributed by atoms with Crippen LogP contribution in [0, 0.1) is 6.92 Å². The number of nitrogens with two attached hydrogens (primary N) is 1. The van der Waals surface area contributed by atoms with Crippen LogP contribution in [0.3, 0.4) is 0 Å². The maximum atomic E-state index is 5.42. The van der Waals surface area contributed by atoms with E-state index in [0.29, 0.717) is 18.1 Å². The molecule has 3 aromatic rings. The average Bonchev–Trinajstić information content (AvgIpc) is 3.01. The summed E-state index contributed by atoms with van der Waals surface area (Å²) in [6, 6.07) is 8.18. The Balaban J connectivity index is 1.80. The third-order valence-electron chi connectivity index (χ3n) is 2.66. The Labute approximate surface area is 108 Å². The fourth-order valence-electron chi connectivity index (χ4n) is 1.68. The molecule has 0 spiro atoms. The van der Waals surface area contributed by atoms with Crippen LogP contribution in [0.15, 0.2) is 28.8 Å². The maximum Gasteiger partial charge on any atom is 0.295 e. The molecule has 0 atom stereocenters. The molecule has 2 heterocycles. The molecule has 3 N–H and O–H groups in total. The molecule has 0 saturated heterocycles. The first kappa shape index (κ1) is 11.4. The highest BCUT2D eigenvalue weighted by Gasteiger charge is 2.12. The van der Waals surface area contributed by atoms with E-state index in [1.807, 2.05) is 31.2 Å². The fourth-order valence-corrected chi connectivity index (χ4v) is 1.68. The number of aromatic amines is 1. The SMILES string of the molecule is Cc1ccc(Cc2noc(-c3nc(N)n[nH]3)n2)cc1. The minimum atomic E-state index is 0.147. The monoisotopic (exact) mass is 256 g/mol. The molecule has 7 nitrogen and oxygen atoms in total. The highest BCUT2D eigenvalue weighted by atomic mass is 16.5. The van der Waals surface area contributed by atoms with Crippen LogP contribution in [0.4, 0.5) is 5.95 Å². The van der Waals surface area contributed by atoms with Gasteiger partial charge in [-0.1, -0.05) is 35.0 Å². The molecule has 0 fully saturated rings. The van der Waals surface area contributed by atoms with Crippen LogP contribution in [0.25, 0.3) is 11.7 Å². The van der Waals surface area contributed by atoms with Crippen molar-refractivity contribution >= 4 is 5.95 Å². The smallest absolute Gasteiger partial charge is 0.295 e. The number of benzene rings is 1. The van der Waals surface area contributed by atoms with E-state index in [-0.39, 0.29) is 11.8 Å². The molecule has 0 aliphatic carbocycles. The van der Waals surface area contributed by atoms with Gasteiger partial charge in [-0.05, 0) is 12.5 Å². The summed E-state index contributed by atoms with van der Waals surface area (Å²) in [5, 5.41) is 10.2. The van der Waals surface area contributed by atoms with Crippen LogP contribution in [-0.4, -0.2) is 25.3 Å². The highest BCUT2D eigenvalue weighted by molar-refractivity contribution is 5.41. The van der Waals surface area contributed by atoms with Gasteiger partial charge in [-0.2, -0.15) is 9.97 Å². The average molecular weight is 256 g/mol. The summed E-state index contributed by atoms with van der Waals surface area (Å²) in [5.74, 6) is 1.40. The lowest BCUT2D eigenvalue weighted by Gasteiger charge is -1.96. The largest absolute Gasteiger partial charge is 0.366 e. The van der Waals surface area contributed by atoms with Gasteiger partial charge in [0.15, 0.2) is 5.82 Å². The predicted octanol–water partition coefficient (Wildman–Crippen LogP) is 1.34. The second-order valence-corrected chi connectivity index (χ2v) is 4.22. The minimum Gasteiger partial charge on any atom is -0.366 e. The number of anilines is 1. The summed E-state index contributed by atoms with van der Waals surface area (Å²) in [4.78, 5) is 8.17. The molecule has 19 heavy (non-hydrogen) atoms. The van der Waals surface area contributed by atoms with Gasteiger partial charge in [0.1, 0.15) is 0 Å². The van der Waals surface area contributed by atoms with Gasteiger partial charge in [0, 0.05) is 6.42 Å². The van der Waals surface area contributed by atoms with E-state index in [1.54, 1.807) is 0 Å². The van der Waals surface area contributed by atoms with Gasteiger partial charge in [0.05, 0.1) is 0 Å². The summed E-state index contributed by atoms with van der Waals surface area (Å²) in [6.07, 6.45) is 0.605. The summed E-state index contributed by atoms with van der Waals surface area (Å²) in [5.41, 5.74) is 7.75. The predicted molar refractivity (Wildman–Crippen MR) is 68.1 cm³/mol. The minimum absolute atomic E-state index is 0.147. The molecule has 96 valence electrons. The Morgan fingerprint density at radius 1 is 1.21 bits per heavy atom. The number of hydrogen-bond donors (Lipinski definition) is 2. The van der Waals surface area contributed by atoms with Crippen LogP contribution >= 0.6 is 0 Å². The lowest BCUT2D eigenvalue weighted by Crippen LogP contribution is -1.91. The Morgan fingerprint density at radius 3 is 2.68 bits per heavy atom. The molecule has 0 bridgehead atoms. The Hall–Kier alpha value is -2.70. The van der Waals surface area contributed by atoms with E-state index < -0.39 is 0 Å². The fraction of sp³-hybridized carbons (Fsp3) is 0.167. The second kappa shape index (κ2) is 4.52. The van der Waals surface area contributed by atoms with Crippen molar-refractivity contribution in [1.29, 1.82) is 0 Å². The Morgan fingerprint density at radius 2 is 2.00 bits per heavy atom. The van der Waals surface area contributed by atoms with Crippen molar-refractivity contribution in [1.82, 2.24) is 25.3 Å². The molecule has 0 saturated carbocycles. The zero-order chi connectivity index (χ0) is 13.2. The molecule has 0 radical (unpaired) electrons. The zero-order valence-electron chi connectivity index (χ0n) is 10.3. The Bertz CT molecular complexity index is 684. The van der Waals surface area contributed by atoms with Crippen molar-refractivity contribution in [2.75, 3.05) is 5.73 Å². The third kappa shape index (κ3) is 2.44. The van der Waals surface area contributed by atoms with E-state index in [9.17, 15) is 0 Å². The molecular weight excluding hydrogens is 244 g/mol. The van der Waals surface area contributed by atoms with E-state index in [1.165, 1.54) is 5.56 Å². The lowest BCUT2D eigenvalue weighted by atomic mass is 10.1. The summed E-state index contributed by atoms with van der Waals surface area (Å²) >= 11 is 0. The van der Waals surface area contributed by atoms with Crippen LogP contribution in [0.2, 0.25) is 0 Å². The van der Waals surface area contributed by atoms with Crippen molar-refractivity contribution in [2.45, 2.75) is 13.3 Å². The van der Waals surface area contributed by atoms with Crippen LogP contribution in [-0.2, 0) is 6.42 Å². The number of nitrogen functional groups attached to an aromatic ring is 1. The topological polar surface area (TPSA) is 107 Å². The number of aryl methyl sites for hydroxylation is 1. The normalized spacial score (nSPS) is 10.8. The Kier molecular flexibility index (Phi) is 2.71. The standard InChI is InChI=1S/C12H12N6O/c1-7-2-4-8(5-3-7)6-9-14-11(19-18-9)10-15-12(13)17-16-10/h2-5H,6H2,1H3,(H3,13,15,16,17). The lowest BCUT2D eigenvalue weighted by molar-refractivity contribution is 0.421. The zero-order valence-corrected chi connectivity index (χ0v) is 10.3. The molecule has 2 aromatic heterocycles. The maximum absolute atomic E-state index is 5.42. The first-order valence-corrected chi connectivity index (χ1v) is 5.77. The van der Waals surface area contributed by atoms with E-state index in [0.717, 1.165) is 5.56 Å². The summed E-state index contributed by atoms with van der Waals surface area (Å²) < 4.78 is 5.11. The first-order valence-electron chi connectivity index (χ1n) is 5.77. The van der Waals surface area contributed by atoms with Crippen LogP contribution in [0.1, 0.15) is 17.0 Å². The van der Waals surface area contributed by atoms with Crippen molar-refractivity contribution in [3.63, 3.8) is 0 Å². The molecule has 3 rings (SSSR count). The van der Waals surface area contributed by atoms with Crippen molar-refractivity contribution in [3.05, 3.63) is 41.2 Å².